The van der Waals surface area contributed by atoms with E-state index in [2.05, 4.69) is 27.8 Å². The minimum Gasteiger partial charge on any atom is -0.385 e. The average molecular weight is 230 g/mol. The molecule has 0 aliphatic carbocycles. The van der Waals surface area contributed by atoms with Gasteiger partial charge in [0.15, 0.2) is 0 Å². The number of nitrogens with one attached hydrogen (secondary N) is 1. The highest BCUT2D eigenvalue weighted by atomic mass is 79.9. The van der Waals surface area contributed by atoms with Gasteiger partial charge < -0.3 is 5.32 Å². The highest BCUT2D eigenvalue weighted by molar-refractivity contribution is 9.09. The van der Waals surface area contributed by atoms with E-state index in [-0.39, 0.29) is 0 Å². The SMILES string of the molecule is C=C(/C=C\C=C/C)NCCCBr. The van der Waals surface area contributed by atoms with Crippen molar-refractivity contribution in [2.24, 2.45) is 0 Å². The zero-order valence-electron chi connectivity index (χ0n) is 7.52. The second-order valence-electron chi connectivity index (χ2n) is 2.38. The van der Waals surface area contributed by atoms with Gasteiger partial charge in [0.1, 0.15) is 0 Å². The second-order valence-corrected chi connectivity index (χ2v) is 3.17. The molecule has 0 unspecified atom stereocenters. The van der Waals surface area contributed by atoms with Gasteiger partial charge in [0.25, 0.3) is 0 Å². The summed E-state index contributed by atoms with van der Waals surface area (Å²) in [5.41, 5.74) is 0.967. The van der Waals surface area contributed by atoms with Crippen LogP contribution in [0.25, 0.3) is 0 Å². The Balaban J connectivity index is 3.45. The van der Waals surface area contributed by atoms with Gasteiger partial charge in [0.05, 0.1) is 0 Å². The van der Waals surface area contributed by atoms with Gasteiger partial charge in [0.2, 0.25) is 0 Å². The maximum Gasteiger partial charge on any atom is 0.0267 e. The number of allylic oxidation sites excluding steroid dienone is 4. The third-order valence-corrected chi connectivity index (χ3v) is 1.82. The van der Waals surface area contributed by atoms with E-state index < -0.39 is 0 Å². The van der Waals surface area contributed by atoms with Crippen LogP contribution in [-0.4, -0.2) is 11.9 Å². The molecule has 68 valence electrons. The lowest BCUT2D eigenvalue weighted by Gasteiger charge is -2.02. The van der Waals surface area contributed by atoms with Crippen LogP contribution in [0.15, 0.2) is 36.6 Å². The fourth-order valence-electron chi connectivity index (χ4n) is 0.658. The molecule has 0 fully saturated rings. The van der Waals surface area contributed by atoms with Crippen LogP contribution in [0.4, 0.5) is 0 Å². The molecule has 0 heterocycles. The maximum absolute atomic E-state index is 3.85. The van der Waals surface area contributed by atoms with Gasteiger partial charge in [-0.1, -0.05) is 40.7 Å². The van der Waals surface area contributed by atoms with E-state index in [1.54, 1.807) is 0 Å². The lowest BCUT2D eigenvalue weighted by molar-refractivity contribution is 0.795. The molecule has 0 bridgehead atoms. The van der Waals surface area contributed by atoms with Gasteiger partial charge >= 0.3 is 0 Å². The first kappa shape index (κ1) is 11.5. The van der Waals surface area contributed by atoms with Crippen molar-refractivity contribution in [1.82, 2.24) is 5.32 Å². The van der Waals surface area contributed by atoms with Crippen LogP contribution in [0, 0.1) is 0 Å². The Morgan fingerprint density at radius 3 is 2.83 bits per heavy atom. The molecule has 0 rings (SSSR count). The standard InChI is InChI=1S/C10H16BrN/c1-3-4-5-7-10(2)12-9-6-8-11/h3-5,7,12H,2,6,8-9H2,1H3/b4-3-,7-5-. The zero-order chi connectivity index (χ0) is 9.23. The normalized spacial score (nSPS) is 11.2. The molecular formula is C10H16BrN. The van der Waals surface area contributed by atoms with Crippen molar-refractivity contribution >= 4 is 15.9 Å². The summed E-state index contributed by atoms with van der Waals surface area (Å²) >= 11 is 3.36. The lowest BCUT2D eigenvalue weighted by atomic mass is 10.3. The number of rotatable bonds is 6. The van der Waals surface area contributed by atoms with E-state index in [0.29, 0.717) is 0 Å². The maximum atomic E-state index is 3.85. The van der Waals surface area contributed by atoms with E-state index in [0.717, 1.165) is 24.0 Å². The summed E-state index contributed by atoms with van der Waals surface area (Å²) in [6, 6.07) is 0. The molecule has 0 aromatic carbocycles. The number of hydrogen-bond acceptors (Lipinski definition) is 1. The number of alkyl halides is 1. The Morgan fingerprint density at radius 2 is 2.25 bits per heavy atom. The predicted octanol–water partition coefficient (Wildman–Crippen LogP) is 3.01. The van der Waals surface area contributed by atoms with Crippen molar-refractivity contribution in [3.05, 3.63) is 36.6 Å². The lowest BCUT2D eigenvalue weighted by Crippen LogP contribution is -2.12. The third-order valence-electron chi connectivity index (χ3n) is 1.26. The molecule has 0 aliphatic rings. The summed E-state index contributed by atoms with van der Waals surface area (Å²) in [6.45, 7) is 6.82. The fourth-order valence-corrected chi connectivity index (χ4v) is 0.938. The minimum absolute atomic E-state index is 0.967. The molecule has 0 aliphatic heterocycles. The van der Waals surface area contributed by atoms with Crippen molar-refractivity contribution in [2.45, 2.75) is 13.3 Å². The monoisotopic (exact) mass is 229 g/mol. The second kappa shape index (κ2) is 8.60. The first-order valence-corrected chi connectivity index (χ1v) is 5.21. The summed E-state index contributed by atoms with van der Waals surface area (Å²) in [7, 11) is 0. The van der Waals surface area contributed by atoms with Crippen LogP contribution in [0.5, 0.6) is 0 Å². The Kier molecular flexibility index (Phi) is 8.24. The molecule has 0 aromatic heterocycles. The van der Waals surface area contributed by atoms with Crippen LogP contribution < -0.4 is 5.32 Å². The summed E-state index contributed by atoms with van der Waals surface area (Å²) in [5.74, 6) is 0. The minimum atomic E-state index is 0.967. The van der Waals surface area contributed by atoms with Gasteiger partial charge in [-0.3, -0.25) is 0 Å². The van der Waals surface area contributed by atoms with E-state index >= 15 is 0 Å². The Morgan fingerprint density at radius 1 is 1.50 bits per heavy atom. The molecule has 0 saturated heterocycles. The zero-order valence-corrected chi connectivity index (χ0v) is 9.10. The smallest absolute Gasteiger partial charge is 0.0267 e. The summed E-state index contributed by atoms with van der Waals surface area (Å²) < 4.78 is 0. The van der Waals surface area contributed by atoms with Gasteiger partial charge in [-0.05, 0) is 19.4 Å². The van der Waals surface area contributed by atoms with Gasteiger partial charge in [-0.15, -0.1) is 0 Å². The number of halogens is 1. The van der Waals surface area contributed by atoms with E-state index in [1.807, 2.05) is 31.2 Å². The number of hydrogen-bond donors (Lipinski definition) is 1. The van der Waals surface area contributed by atoms with Gasteiger partial charge in [0, 0.05) is 17.6 Å². The largest absolute Gasteiger partial charge is 0.385 e. The van der Waals surface area contributed by atoms with Crippen LogP contribution in [0.3, 0.4) is 0 Å². The fraction of sp³-hybridized carbons (Fsp3) is 0.400. The van der Waals surface area contributed by atoms with Crippen LogP contribution in [0.1, 0.15) is 13.3 Å². The molecule has 0 atom stereocenters. The quantitative estimate of drug-likeness (QED) is 0.420. The van der Waals surface area contributed by atoms with Crippen LogP contribution in [0.2, 0.25) is 0 Å². The molecule has 0 amide bonds. The first-order valence-electron chi connectivity index (χ1n) is 4.09. The van der Waals surface area contributed by atoms with Crippen molar-refractivity contribution in [3.8, 4) is 0 Å². The molecular weight excluding hydrogens is 214 g/mol. The summed E-state index contributed by atoms with van der Waals surface area (Å²) in [6.07, 6.45) is 9.04. The highest BCUT2D eigenvalue weighted by Crippen LogP contribution is 1.90. The van der Waals surface area contributed by atoms with Crippen molar-refractivity contribution < 1.29 is 0 Å². The van der Waals surface area contributed by atoms with Crippen LogP contribution >= 0.6 is 15.9 Å². The molecule has 0 saturated carbocycles. The molecule has 0 aromatic rings. The molecule has 12 heavy (non-hydrogen) atoms. The third kappa shape index (κ3) is 7.61. The Labute approximate surface area is 83.4 Å². The Hall–Kier alpha value is -0.500. The first-order chi connectivity index (χ1) is 5.81. The van der Waals surface area contributed by atoms with E-state index in [4.69, 9.17) is 0 Å². The molecule has 1 N–H and O–H groups in total. The van der Waals surface area contributed by atoms with Gasteiger partial charge in [-0.2, -0.15) is 0 Å². The highest BCUT2D eigenvalue weighted by Gasteiger charge is 1.85. The topological polar surface area (TPSA) is 12.0 Å². The van der Waals surface area contributed by atoms with Crippen molar-refractivity contribution in [2.75, 3.05) is 11.9 Å². The van der Waals surface area contributed by atoms with E-state index in [1.165, 1.54) is 0 Å². The Bertz CT molecular complexity index is 171. The average Bonchev–Trinajstić information content (AvgIpc) is 2.06. The predicted molar refractivity (Wildman–Crippen MR) is 59.5 cm³/mol. The van der Waals surface area contributed by atoms with Crippen molar-refractivity contribution in [1.29, 1.82) is 0 Å². The molecule has 1 nitrogen and oxygen atoms in total. The molecule has 0 radical (unpaired) electrons. The van der Waals surface area contributed by atoms with E-state index in [9.17, 15) is 0 Å². The van der Waals surface area contributed by atoms with Crippen molar-refractivity contribution in [3.63, 3.8) is 0 Å². The summed E-state index contributed by atoms with van der Waals surface area (Å²) in [4.78, 5) is 0. The van der Waals surface area contributed by atoms with Crippen LogP contribution in [-0.2, 0) is 0 Å². The molecule has 0 spiro atoms. The summed E-state index contributed by atoms with van der Waals surface area (Å²) in [5, 5.41) is 4.23. The van der Waals surface area contributed by atoms with Gasteiger partial charge in [-0.25, -0.2) is 0 Å². The molecule has 2 heteroatoms.